The fraction of sp³-hybridized carbons (Fsp3) is 0.118. The van der Waals surface area contributed by atoms with Gasteiger partial charge in [0, 0.05) is 17.7 Å². The number of rotatable bonds is 4. The molecule has 1 aromatic heterocycles. The van der Waals surface area contributed by atoms with Crippen molar-refractivity contribution in [1.82, 2.24) is 10.1 Å². The van der Waals surface area contributed by atoms with E-state index in [1.165, 1.54) is 36.4 Å². The summed E-state index contributed by atoms with van der Waals surface area (Å²) in [5.41, 5.74) is 1.38. The van der Waals surface area contributed by atoms with Crippen LogP contribution in [0.4, 0.5) is 23.2 Å². The molecule has 3 rings (SSSR count). The van der Waals surface area contributed by atoms with Crippen molar-refractivity contribution >= 4 is 11.6 Å². The Balaban J connectivity index is 1.65. The third kappa shape index (κ3) is 4.24. The first-order valence-corrected chi connectivity index (χ1v) is 7.37. The first kappa shape index (κ1) is 17.6. The molecule has 3 aromatic rings. The average Bonchev–Trinajstić information content (AvgIpc) is 3.06. The van der Waals surface area contributed by atoms with Crippen molar-refractivity contribution < 1.29 is 26.9 Å². The van der Waals surface area contributed by atoms with Crippen molar-refractivity contribution in [1.29, 1.82) is 0 Å². The number of nitrogens with zero attached hydrogens (tertiary/aromatic N) is 2. The van der Waals surface area contributed by atoms with E-state index in [-0.39, 0.29) is 12.2 Å². The summed E-state index contributed by atoms with van der Waals surface area (Å²) in [5.74, 6) is -2.33. The molecule has 0 aliphatic carbocycles. The van der Waals surface area contributed by atoms with E-state index in [0.29, 0.717) is 16.8 Å². The lowest BCUT2D eigenvalue weighted by atomic mass is 10.1. The van der Waals surface area contributed by atoms with Crippen LogP contribution in [0, 0.1) is 5.82 Å². The van der Waals surface area contributed by atoms with E-state index in [9.17, 15) is 22.4 Å². The molecule has 9 heteroatoms. The Bertz CT molecular complexity index is 903. The van der Waals surface area contributed by atoms with Crippen molar-refractivity contribution in [3.63, 3.8) is 0 Å². The third-order valence-corrected chi connectivity index (χ3v) is 3.39. The van der Waals surface area contributed by atoms with Gasteiger partial charge in [0.15, 0.2) is 5.82 Å². The van der Waals surface area contributed by atoms with Crippen molar-refractivity contribution in [3.05, 3.63) is 77.2 Å². The molecule has 0 aliphatic rings. The minimum absolute atomic E-state index is 0.0272. The van der Waals surface area contributed by atoms with E-state index in [4.69, 9.17) is 0 Å². The largest absolute Gasteiger partial charge is 0.471 e. The monoisotopic (exact) mass is 365 g/mol. The molecule has 0 unspecified atom stereocenters. The van der Waals surface area contributed by atoms with Gasteiger partial charge < -0.3 is 9.84 Å². The summed E-state index contributed by atoms with van der Waals surface area (Å²) >= 11 is 0. The summed E-state index contributed by atoms with van der Waals surface area (Å²) in [7, 11) is 0. The lowest BCUT2D eigenvalue weighted by molar-refractivity contribution is -0.159. The van der Waals surface area contributed by atoms with Crippen molar-refractivity contribution in [2.24, 2.45) is 0 Å². The molecule has 5 nitrogen and oxygen atoms in total. The zero-order valence-electron chi connectivity index (χ0n) is 13.0. The average molecular weight is 365 g/mol. The van der Waals surface area contributed by atoms with Crippen molar-refractivity contribution in [3.8, 4) is 0 Å². The number of carbonyl (C=O) groups is 1. The number of hydrogen-bond acceptors (Lipinski definition) is 4. The van der Waals surface area contributed by atoms with Crippen LogP contribution in [0.1, 0.15) is 27.6 Å². The Labute approximate surface area is 144 Å². The van der Waals surface area contributed by atoms with Gasteiger partial charge in [-0.3, -0.25) is 4.79 Å². The van der Waals surface area contributed by atoms with Crippen LogP contribution in [0.15, 0.2) is 53.1 Å². The Morgan fingerprint density at radius 2 is 1.69 bits per heavy atom. The number of aromatic nitrogens is 2. The zero-order valence-corrected chi connectivity index (χ0v) is 13.0. The van der Waals surface area contributed by atoms with Crippen LogP contribution >= 0.6 is 0 Å². The van der Waals surface area contributed by atoms with E-state index in [2.05, 4.69) is 20.0 Å². The van der Waals surface area contributed by atoms with Gasteiger partial charge in [0.2, 0.25) is 0 Å². The number of benzene rings is 2. The van der Waals surface area contributed by atoms with Crippen LogP contribution in [-0.4, -0.2) is 16.0 Å². The molecule has 0 aliphatic heterocycles. The molecule has 0 atom stereocenters. The number of hydrogen-bond donors (Lipinski definition) is 1. The van der Waals surface area contributed by atoms with Gasteiger partial charge in [0.1, 0.15) is 5.82 Å². The molecule has 1 N–H and O–H groups in total. The topological polar surface area (TPSA) is 68.0 Å². The predicted molar refractivity (Wildman–Crippen MR) is 82.9 cm³/mol. The zero-order chi connectivity index (χ0) is 18.7. The smallest absolute Gasteiger partial charge is 0.329 e. The molecule has 0 saturated heterocycles. The second kappa shape index (κ2) is 6.95. The normalized spacial score (nSPS) is 11.4. The van der Waals surface area contributed by atoms with Gasteiger partial charge in [-0.2, -0.15) is 18.2 Å². The van der Waals surface area contributed by atoms with Gasteiger partial charge in [0.25, 0.3) is 5.91 Å². The molecular formula is C17H11F4N3O2. The molecule has 1 amide bonds. The van der Waals surface area contributed by atoms with E-state index in [1.807, 2.05) is 0 Å². The van der Waals surface area contributed by atoms with Crippen LogP contribution in [0.2, 0.25) is 0 Å². The maximum Gasteiger partial charge on any atom is 0.471 e. The van der Waals surface area contributed by atoms with E-state index in [0.717, 1.165) is 0 Å². The highest BCUT2D eigenvalue weighted by atomic mass is 19.4. The number of alkyl halides is 3. The lowest BCUT2D eigenvalue weighted by Gasteiger charge is -2.06. The molecule has 134 valence electrons. The Hall–Kier alpha value is -3.23. The van der Waals surface area contributed by atoms with Crippen molar-refractivity contribution in [2.45, 2.75) is 12.6 Å². The number of halogens is 4. The summed E-state index contributed by atoms with van der Waals surface area (Å²) in [5, 5.41) is 5.89. The molecule has 0 bridgehead atoms. The number of carbonyl (C=O) groups excluding carboxylic acids is 1. The number of anilines is 1. The van der Waals surface area contributed by atoms with Gasteiger partial charge >= 0.3 is 12.1 Å². The first-order valence-electron chi connectivity index (χ1n) is 7.37. The Kier molecular flexibility index (Phi) is 4.70. The molecule has 0 spiro atoms. The van der Waals surface area contributed by atoms with E-state index < -0.39 is 23.8 Å². The maximum atomic E-state index is 12.8. The van der Waals surface area contributed by atoms with Gasteiger partial charge in [-0.15, -0.1) is 0 Å². The van der Waals surface area contributed by atoms with Crippen LogP contribution in [-0.2, 0) is 12.6 Å². The minimum atomic E-state index is -4.69. The van der Waals surface area contributed by atoms with E-state index >= 15 is 0 Å². The highest BCUT2D eigenvalue weighted by Crippen LogP contribution is 2.27. The second-order valence-electron chi connectivity index (χ2n) is 5.35. The number of nitrogens with one attached hydrogen (secondary N) is 1. The minimum Gasteiger partial charge on any atom is -0.329 e. The predicted octanol–water partition coefficient (Wildman–Crippen LogP) is 4.07. The highest BCUT2D eigenvalue weighted by Gasteiger charge is 2.38. The SMILES string of the molecule is O=C(Nc1ccc(F)cc1)c1ccc(Cc2noc(C(F)(F)F)n2)cc1. The number of amides is 1. The summed E-state index contributed by atoms with van der Waals surface area (Å²) in [6.45, 7) is 0. The quantitative estimate of drug-likeness (QED) is 0.708. The van der Waals surface area contributed by atoms with Crippen LogP contribution in [0.3, 0.4) is 0 Å². The highest BCUT2D eigenvalue weighted by molar-refractivity contribution is 6.04. The lowest BCUT2D eigenvalue weighted by Crippen LogP contribution is -2.11. The summed E-state index contributed by atoms with van der Waals surface area (Å²) in [6.07, 6.45) is -4.66. The van der Waals surface area contributed by atoms with Gasteiger partial charge in [0.05, 0.1) is 0 Å². The van der Waals surface area contributed by atoms with E-state index in [1.54, 1.807) is 12.1 Å². The Morgan fingerprint density at radius 3 is 2.27 bits per heavy atom. The van der Waals surface area contributed by atoms with Crippen molar-refractivity contribution in [2.75, 3.05) is 5.32 Å². The van der Waals surface area contributed by atoms with Crippen LogP contribution < -0.4 is 5.32 Å². The molecule has 0 saturated carbocycles. The summed E-state index contributed by atoms with van der Waals surface area (Å²) < 4.78 is 54.3. The maximum absolute atomic E-state index is 12.8. The molecule has 0 fully saturated rings. The standard InChI is InChI=1S/C17H11F4N3O2/c18-12-5-7-13(8-6-12)22-15(25)11-3-1-10(2-4-11)9-14-23-16(26-24-14)17(19,20)21/h1-8H,9H2,(H,22,25). The third-order valence-electron chi connectivity index (χ3n) is 3.39. The Morgan fingerprint density at radius 1 is 1.04 bits per heavy atom. The van der Waals surface area contributed by atoms with Gasteiger partial charge in [-0.1, -0.05) is 17.3 Å². The molecule has 1 heterocycles. The molecule has 26 heavy (non-hydrogen) atoms. The fourth-order valence-corrected chi connectivity index (χ4v) is 2.13. The molecule has 2 aromatic carbocycles. The molecular weight excluding hydrogens is 354 g/mol. The van der Waals surface area contributed by atoms with Crippen LogP contribution in [0.25, 0.3) is 0 Å². The van der Waals surface area contributed by atoms with Gasteiger partial charge in [-0.05, 0) is 42.0 Å². The molecule has 0 radical (unpaired) electrons. The van der Waals surface area contributed by atoms with Gasteiger partial charge in [-0.25, -0.2) is 4.39 Å². The summed E-state index contributed by atoms with van der Waals surface area (Å²) in [4.78, 5) is 15.4. The second-order valence-corrected chi connectivity index (χ2v) is 5.35. The van der Waals surface area contributed by atoms with Crippen LogP contribution in [0.5, 0.6) is 0 Å². The first-order chi connectivity index (χ1) is 12.3. The summed E-state index contributed by atoms with van der Waals surface area (Å²) in [6, 6.07) is 11.5. The fourth-order valence-electron chi connectivity index (χ4n) is 2.13.